The molecule has 2 aliphatic heterocycles. The summed E-state index contributed by atoms with van der Waals surface area (Å²) in [4.78, 5) is 19.2. The van der Waals surface area contributed by atoms with Crippen LogP contribution in [0.4, 0.5) is 0 Å². The van der Waals surface area contributed by atoms with Gasteiger partial charge < -0.3 is 10.2 Å². The van der Waals surface area contributed by atoms with E-state index in [1.165, 1.54) is 0 Å². The molecule has 2 fully saturated rings. The van der Waals surface area contributed by atoms with Crippen molar-refractivity contribution in [1.82, 2.24) is 10.2 Å². The second-order valence-electron chi connectivity index (χ2n) is 5.06. The summed E-state index contributed by atoms with van der Waals surface area (Å²) in [5.41, 5.74) is 0.481. The zero-order chi connectivity index (χ0) is 13.3. The molecule has 100 valence electrons. The van der Waals surface area contributed by atoms with Crippen LogP contribution in [-0.2, 0) is 4.79 Å². The van der Waals surface area contributed by atoms with Crippen LogP contribution in [-0.4, -0.2) is 35.3 Å². The number of nitrogens with one attached hydrogen (secondary N) is 1. The minimum atomic E-state index is -0.373. The van der Waals surface area contributed by atoms with Gasteiger partial charge in [-0.25, -0.2) is 0 Å². The van der Waals surface area contributed by atoms with Crippen molar-refractivity contribution in [2.24, 2.45) is 4.99 Å². The van der Waals surface area contributed by atoms with Gasteiger partial charge in [0.2, 0.25) is 5.91 Å². The fourth-order valence-electron chi connectivity index (χ4n) is 3.35. The van der Waals surface area contributed by atoms with Crippen molar-refractivity contribution in [3.8, 4) is 0 Å². The Labute approximate surface area is 109 Å². The topological polar surface area (TPSA) is 44.7 Å². The molecule has 0 aromatic carbocycles. The standard InChI is InChI=1S/C14H23N3O/c1-5-10-8-9-14(7-3)13(18)16-11(6-2)12(15-4)17(10)14/h6,10H,5,7-9H2,1-4H3,(H,16,18)/b11-6+,15-12?. The van der Waals surface area contributed by atoms with Crippen molar-refractivity contribution in [1.29, 1.82) is 0 Å². The van der Waals surface area contributed by atoms with Gasteiger partial charge in [0.1, 0.15) is 11.4 Å². The van der Waals surface area contributed by atoms with Crippen molar-refractivity contribution in [3.05, 3.63) is 11.8 Å². The van der Waals surface area contributed by atoms with E-state index in [4.69, 9.17) is 0 Å². The van der Waals surface area contributed by atoms with Crippen molar-refractivity contribution in [2.45, 2.75) is 58.0 Å². The second kappa shape index (κ2) is 4.75. The average molecular weight is 249 g/mol. The first-order chi connectivity index (χ1) is 8.64. The van der Waals surface area contributed by atoms with Crippen molar-refractivity contribution in [2.75, 3.05) is 7.05 Å². The van der Waals surface area contributed by atoms with Crippen molar-refractivity contribution < 1.29 is 4.79 Å². The van der Waals surface area contributed by atoms with Crippen LogP contribution < -0.4 is 5.32 Å². The van der Waals surface area contributed by atoms with Crippen molar-refractivity contribution in [3.63, 3.8) is 0 Å². The van der Waals surface area contributed by atoms with Gasteiger partial charge in [0.15, 0.2) is 0 Å². The fraction of sp³-hybridized carbons (Fsp3) is 0.714. The Hall–Kier alpha value is -1.32. The lowest BCUT2D eigenvalue weighted by Crippen LogP contribution is -2.64. The summed E-state index contributed by atoms with van der Waals surface area (Å²) >= 11 is 0. The first-order valence-electron chi connectivity index (χ1n) is 6.88. The number of piperazine rings is 1. The van der Waals surface area contributed by atoms with E-state index in [0.29, 0.717) is 6.04 Å². The smallest absolute Gasteiger partial charge is 0.250 e. The maximum Gasteiger partial charge on any atom is 0.250 e. The summed E-state index contributed by atoms with van der Waals surface area (Å²) in [5.74, 6) is 1.09. The van der Waals surface area contributed by atoms with Crippen LogP contribution in [0.3, 0.4) is 0 Å². The van der Waals surface area contributed by atoms with Gasteiger partial charge in [-0.05, 0) is 32.6 Å². The number of hydrogen-bond acceptors (Lipinski definition) is 2. The third kappa shape index (κ3) is 1.58. The van der Waals surface area contributed by atoms with E-state index >= 15 is 0 Å². The predicted molar refractivity (Wildman–Crippen MR) is 73.4 cm³/mol. The molecule has 18 heavy (non-hydrogen) atoms. The Morgan fingerprint density at radius 1 is 1.56 bits per heavy atom. The number of fused-ring (bicyclic) bond motifs is 1. The maximum absolute atomic E-state index is 12.5. The quantitative estimate of drug-likeness (QED) is 0.814. The summed E-state index contributed by atoms with van der Waals surface area (Å²) in [6.45, 7) is 6.22. The zero-order valence-electron chi connectivity index (χ0n) is 11.8. The largest absolute Gasteiger partial charge is 0.337 e. The van der Waals surface area contributed by atoms with E-state index in [1.807, 2.05) is 20.0 Å². The molecule has 4 nitrogen and oxygen atoms in total. The number of amides is 1. The van der Waals surface area contributed by atoms with E-state index in [0.717, 1.165) is 37.2 Å². The van der Waals surface area contributed by atoms with Gasteiger partial charge in [0.05, 0.1) is 5.70 Å². The van der Waals surface area contributed by atoms with Gasteiger partial charge in [0, 0.05) is 13.1 Å². The van der Waals surface area contributed by atoms with Gasteiger partial charge in [-0.3, -0.25) is 9.79 Å². The molecule has 2 aliphatic rings. The molecule has 0 radical (unpaired) electrons. The summed E-state index contributed by atoms with van der Waals surface area (Å²) in [6, 6.07) is 0.435. The van der Waals surface area contributed by atoms with Crippen LogP contribution in [0.2, 0.25) is 0 Å². The Morgan fingerprint density at radius 2 is 2.28 bits per heavy atom. The lowest BCUT2D eigenvalue weighted by atomic mass is 9.89. The Kier molecular flexibility index (Phi) is 3.46. The van der Waals surface area contributed by atoms with E-state index in [-0.39, 0.29) is 11.4 Å². The summed E-state index contributed by atoms with van der Waals surface area (Å²) < 4.78 is 0. The maximum atomic E-state index is 12.5. The number of amidine groups is 1. The molecule has 0 spiro atoms. The third-order valence-corrected chi connectivity index (χ3v) is 4.41. The molecule has 2 rings (SSSR count). The van der Waals surface area contributed by atoms with Crippen LogP contribution in [0, 0.1) is 0 Å². The minimum Gasteiger partial charge on any atom is -0.337 e. The molecule has 2 atom stereocenters. The fourth-order valence-corrected chi connectivity index (χ4v) is 3.35. The number of aliphatic imine (C=N–C) groups is 1. The minimum absolute atomic E-state index is 0.140. The van der Waals surface area contributed by atoms with E-state index in [9.17, 15) is 4.79 Å². The molecule has 2 saturated heterocycles. The van der Waals surface area contributed by atoms with E-state index in [1.54, 1.807) is 0 Å². The van der Waals surface area contributed by atoms with Gasteiger partial charge in [-0.1, -0.05) is 19.9 Å². The molecule has 2 unspecified atom stereocenters. The highest BCUT2D eigenvalue weighted by atomic mass is 16.2. The van der Waals surface area contributed by atoms with Crippen molar-refractivity contribution >= 4 is 11.7 Å². The molecule has 0 aromatic heterocycles. The molecule has 0 bridgehead atoms. The van der Waals surface area contributed by atoms with Crippen LogP contribution in [0.5, 0.6) is 0 Å². The highest BCUT2D eigenvalue weighted by Gasteiger charge is 2.54. The summed E-state index contributed by atoms with van der Waals surface area (Å²) in [5, 5.41) is 3.02. The molecule has 1 N–H and O–H groups in total. The number of hydrogen-bond donors (Lipinski definition) is 1. The third-order valence-electron chi connectivity index (χ3n) is 4.41. The lowest BCUT2D eigenvalue weighted by Gasteiger charge is -2.45. The first-order valence-corrected chi connectivity index (χ1v) is 6.88. The van der Waals surface area contributed by atoms with Gasteiger partial charge in [-0.15, -0.1) is 0 Å². The highest BCUT2D eigenvalue weighted by molar-refractivity contribution is 6.09. The molecule has 0 aromatic rings. The lowest BCUT2D eigenvalue weighted by molar-refractivity contribution is -0.131. The second-order valence-corrected chi connectivity index (χ2v) is 5.06. The molecule has 1 amide bonds. The van der Waals surface area contributed by atoms with Crippen LogP contribution in [0.1, 0.15) is 46.5 Å². The number of allylic oxidation sites excluding steroid dienone is 1. The highest BCUT2D eigenvalue weighted by Crippen LogP contribution is 2.41. The summed E-state index contributed by atoms with van der Waals surface area (Å²) in [7, 11) is 1.81. The van der Waals surface area contributed by atoms with E-state index < -0.39 is 0 Å². The monoisotopic (exact) mass is 249 g/mol. The van der Waals surface area contributed by atoms with Crippen LogP contribution in [0.25, 0.3) is 0 Å². The number of rotatable bonds is 2. The number of carbonyl (C=O) groups excluding carboxylic acids is 1. The Morgan fingerprint density at radius 3 is 2.78 bits per heavy atom. The van der Waals surface area contributed by atoms with Crippen LogP contribution >= 0.6 is 0 Å². The molecular formula is C14H23N3O. The normalized spacial score (nSPS) is 36.1. The summed E-state index contributed by atoms with van der Waals surface area (Å²) in [6.07, 6.45) is 5.85. The average Bonchev–Trinajstić information content (AvgIpc) is 2.79. The Balaban J connectivity index is 2.52. The number of nitrogens with zero attached hydrogens (tertiary/aromatic N) is 2. The molecular weight excluding hydrogens is 226 g/mol. The Bertz CT molecular complexity index is 413. The van der Waals surface area contributed by atoms with E-state index in [2.05, 4.69) is 29.1 Å². The SMILES string of the molecule is C/C=C1/NC(=O)C2(CC)CCC(CC)N2C1=NC. The molecule has 0 saturated carbocycles. The van der Waals surface area contributed by atoms with Gasteiger partial charge in [-0.2, -0.15) is 0 Å². The first kappa shape index (κ1) is 13.1. The van der Waals surface area contributed by atoms with Crippen LogP contribution in [0.15, 0.2) is 16.8 Å². The number of carbonyl (C=O) groups is 1. The molecule has 2 heterocycles. The predicted octanol–water partition coefficient (Wildman–Crippen LogP) is 2.07. The van der Waals surface area contributed by atoms with Gasteiger partial charge in [0.25, 0.3) is 0 Å². The van der Waals surface area contributed by atoms with Gasteiger partial charge >= 0.3 is 0 Å². The molecule has 4 heteroatoms. The zero-order valence-corrected chi connectivity index (χ0v) is 11.8. The molecule has 0 aliphatic carbocycles.